The van der Waals surface area contributed by atoms with Crippen LogP contribution in [0.5, 0.6) is 0 Å². The number of nitrogens with zero attached hydrogens (tertiary/aromatic N) is 1. The first-order valence-corrected chi connectivity index (χ1v) is 9.57. The van der Waals surface area contributed by atoms with E-state index in [1.807, 2.05) is 0 Å². The summed E-state index contributed by atoms with van der Waals surface area (Å²) in [5.41, 5.74) is -0.548. The maximum Gasteiger partial charge on any atom is 0.410 e. The van der Waals surface area contributed by atoms with E-state index in [0.717, 1.165) is 0 Å². The number of ketones is 1. The van der Waals surface area contributed by atoms with E-state index < -0.39 is 21.5 Å². The van der Waals surface area contributed by atoms with E-state index in [4.69, 9.17) is 4.74 Å². The molecule has 0 spiro atoms. The topological polar surface area (TPSA) is 80.8 Å². The zero-order chi connectivity index (χ0) is 17.0. The number of carbonyl (C=O) groups is 2. The molecule has 0 aromatic rings. The molecule has 0 radical (unpaired) electrons. The van der Waals surface area contributed by atoms with Gasteiger partial charge in [0.1, 0.15) is 21.2 Å². The van der Waals surface area contributed by atoms with Crippen LogP contribution in [0, 0.1) is 5.92 Å². The van der Waals surface area contributed by atoms with Crippen LogP contribution in [-0.2, 0) is 19.4 Å². The molecule has 22 heavy (non-hydrogen) atoms. The van der Waals surface area contributed by atoms with Crippen molar-refractivity contribution < 1.29 is 22.7 Å². The van der Waals surface area contributed by atoms with Crippen molar-refractivity contribution in [1.29, 1.82) is 0 Å². The lowest BCUT2D eigenvalue weighted by Gasteiger charge is -2.24. The van der Waals surface area contributed by atoms with E-state index in [-0.39, 0.29) is 29.6 Å². The fourth-order valence-electron chi connectivity index (χ4n) is 2.33. The van der Waals surface area contributed by atoms with Crippen molar-refractivity contribution in [3.05, 3.63) is 0 Å². The van der Waals surface area contributed by atoms with Gasteiger partial charge in [-0.1, -0.05) is 6.92 Å². The highest BCUT2D eigenvalue weighted by Crippen LogP contribution is 2.21. The molecule has 1 amide bonds. The molecule has 0 saturated carbocycles. The van der Waals surface area contributed by atoms with Gasteiger partial charge in [0.2, 0.25) is 0 Å². The Morgan fingerprint density at radius 2 is 1.91 bits per heavy atom. The molecule has 7 heteroatoms. The first-order valence-electron chi connectivity index (χ1n) is 7.75. The Labute approximate surface area is 133 Å². The number of hydrogen-bond acceptors (Lipinski definition) is 5. The number of Topliss-reactive ketones (excluding diaryl/α,β-unsaturated/α-hetero) is 1. The van der Waals surface area contributed by atoms with Gasteiger partial charge in [0.05, 0.1) is 5.75 Å². The van der Waals surface area contributed by atoms with Crippen LogP contribution in [0.2, 0.25) is 0 Å². The summed E-state index contributed by atoms with van der Waals surface area (Å²) in [5.74, 6) is 0.00335. The van der Waals surface area contributed by atoms with Crippen molar-refractivity contribution >= 4 is 21.7 Å². The second kappa shape index (κ2) is 7.44. The molecule has 0 bridgehead atoms. The van der Waals surface area contributed by atoms with E-state index >= 15 is 0 Å². The summed E-state index contributed by atoms with van der Waals surface area (Å²) in [7, 11) is -3.02. The van der Waals surface area contributed by atoms with E-state index in [2.05, 4.69) is 0 Å². The average Bonchev–Trinajstić information content (AvgIpc) is 2.86. The first kappa shape index (κ1) is 18.9. The third-order valence-electron chi connectivity index (χ3n) is 3.61. The third kappa shape index (κ3) is 6.34. The summed E-state index contributed by atoms with van der Waals surface area (Å²) < 4.78 is 28.1. The van der Waals surface area contributed by atoms with Crippen LogP contribution in [0.4, 0.5) is 4.79 Å². The summed E-state index contributed by atoms with van der Waals surface area (Å²) in [6.45, 7) is 7.90. The molecule has 0 aromatic heterocycles. The number of sulfone groups is 1. The van der Waals surface area contributed by atoms with Crippen molar-refractivity contribution in [3.8, 4) is 0 Å². The van der Waals surface area contributed by atoms with Crippen LogP contribution < -0.4 is 0 Å². The summed E-state index contributed by atoms with van der Waals surface area (Å²) in [6, 6.07) is 0. The Kier molecular flexibility index (Phi) is 6.40. The average molecular weight is 333 g/mol. The fourth-order valence-corrected chi connectivity index (χ4v) is 3.20. The van der Waals surface area contributed by atoms with Crippen molar-refractivity contribution in [2.45, 2.75) is 52.6 Å². The van der Waals surface area contributed by atoms with Crippen LogP contribution in [0.25, 0.3) is 0 Å². The zero-order valence-corrected chi connectivity index (χ0v) is 14.7. The lowest BCUT2D eigenvalue weighted by atomic mass is 10.00. The first-order chi connectivity index (χ1) is 10.0. The van der Waals surface area contributed by atoms with E-state index in [9.17, 15) is 18.0 Å². The third-order valence-corrected chi connectivity index (χ3v) is 5.40. The Morgan fingerprint density at radius 1 is 1.27 bits per heavy atom. The fraction of sp³-hybridized carbons (Fsp3) is 0.867. The summed E-state index contributed by atoms with van der Waals surface area (Å²) in [4.78, 5) is 25.6. The van der Waals surface area contributed by atoms with Gasteiger partial charge in [-0.05, 0) is 33.6 Å². The minimum atomic E-state index is -3.02. The molecule has 1 rings (SSSR count). The standard InChI is InChI=1S/C15H27NO5S/c1-5-22(19,20)10-6-7-13(17)12-8-9-16(11-12)14(18)21-15(2,3)4/h12H,5-11H2,1-4H3. The van der Waals surface area contributed by atoms with Gasteiger partial charge in [0.15, 0.2) is 0 Å². The maximum atomic E-state index is 12.1. The molecule has 0 aromatic carbocycles. The Balaban J connectivity index is 2.39. The molecular formula is C15H27NO5S. The van der Waals surface area contributed by atoms with Crippen LogP contribution >= 0.6 is 0 Å². The largest absolute Gasteiger partial charge is 0.444 e. The SMILES string of the molecule is CCS(=O)(=O)CCCC(=O)C1CCN(C(=O)OC(C)(C)C)C1. The highest BCUT2D eigenvalue weighted by atomic mass is 32.2. The predicted molar refractivity (Wildman–Crippen MR) is 84.5 cm³/mol. The van der Waals surface area contributed by atoms with Gasteiger partial charge < -0.3 is 9.64 Å². The molecule has 6 nitrogen and oxygen atoms in total. The number of hydrogen-bond donors (Lipinski definition) is 0. The molecule has 1 heterocycles. The van der Waals surface area contributed by atoms with Crippen LogP contribution in [0.3, 0.4) is 0 Å². The Bertz CT molecular complexity index is 507. The van der Waals surface area contributed by atoms with E-state index in [0.29, 0.717) is 25.9 Å². The molecule has 1 aliphatic heterocycles. The molecule has 1 saturated heterocycles. The van der Waals surface area contributed by atoms with Gasteiger partial charge in [0.25, 0.3) is 0 Å². The van der Waals surface area contributed by atoms with Crippen LogP contribution in [0.1, 0.15) is 47.0 Å². The van der Waals surface area contributed by atoms with Gasteiger partial charge >= 0.3 is 6.09 Å². The number of carbonyl (C=O) groups excluding carboxylic acids is 2. The maximum absolute atomic E-state index is 12.1. The number of rotatable bonds is 6. The zero-order valence-electron chi connectivity index (χ0n) is 13.9. The highest BCUT2D eigenvalue weighted by molar-refractivity contribution is 7.91. The lowest BCUT2D eigenvalue weighted by molar-refractivity contribution is -0.122. The summed E-state index contributed by atoms with van der Waals surface area (Å²) in [5, 5.41) is 0. The van der Waals surface area contributed by atoms with Gasteiger partial charge in [-0.25, -0.2) is 13.2 Å². The minimum Gasteiger partial charge on any atom is -0.444 e. The van der Waals surface area contributed by atoms with E-state index in [1.54, 1.807) is 32.6 Å². The molecule has 1 atom stereocenters. The molecule has 1 unspecified atom stereocenters. The molecule has 0 aliphatic carbocycles. The lowest BCUT2D eigenvalue weighted by Crippen LogP contribution is -2.35. The number of ether oxygens (including phenoxy) is 1. The molecule has 0 N–H and O–H groups in total. The van der Waals surface area contributed by atoms with Gasteiger partial charge in [0, 0.05) is 31.2 Å². The molecule has 1 aliphatic rings. The van der Waals surface area contributed by atoms with Crippen LogP contribution in [-0.4, -0.2) is 55.4 Å². The summed E-state index contributed by atoms with van der Waals surface area (Å²) in [6.07, 6.45) is 0.846. The Hall–Kier alpha value is -1.11. The Morgan fingerprint density at radius 3 is 2.45 bits per heavy atom. The van der Waals surface area contributed by atoms with Crippen molar-refractivity contribution in [2.24, 2.45) is 5.92 Å². The van der Waals surface area contributed by atoms with E-state index in [1.165, 1.54) is 0 Å². The van der Waals surface area contributed by atoms with Gasteiger partial charge in [-0.2, -0.15) is 0 Å². The normalized spacial score (nSPS) is 19.3. The predicted octanol–water partition coefficient (Wildman–Crippen LogP) is 2.03. The van der Waals surface area contributed by atoms with Crippen molar-refractivity contribution in [2.75, 3.05) is 24.6 Å². The number of amides is 1. The highest BCUT2D eigenvalue weighted by Gasteiger charge is 2.33. The van der Waals surface area contributed by atoms with Crippen molar-refractivity contribution in [3.63, 3.8) is 0 Å². The van der Waals surface area contributed by atoms with Gasteiger partial charge in [-0.3, -0.25) is 4.79 Å². The minimum absolute atomic E-state index is 0.0392. The molecule has 1 fully saturated rings. The molecule has 128 valence electrons. The van der Waals surface area contributed by atoms with Gasteiger partial charge in [-0.15, -0.1) is 0 Å². The second-order valence-electron chi connectivity index (χ2n) is 6.72. The number of likely N-dealkylation sites (tertiary alicyclic amines) is 1. The molecular weight excluding hydrogens is 306 g/mol. The van der Waals surface area contributed by atoms with Crippen LogP contribution in [0.15, 0.2) is 0 Å². The quantitative estimate of drug-likeness (QED) is 0.743. The monoisotopic (exact) mass is 333 g/mol. The van der Waals surface area contributed by atoms with Crippen molar-refractivity contribution in [1.82, 2.24) is 4.90 Å². The summed E-state index contributed by atoms with van der Waals surface area (Å²) >= 11 is 0. The smallest absolute Gasteiger partial charge is 0.410 e. The second-order valence-corrected chi connectivity index (χ2v) is 9.19.